The zero-order valence-corrected chi connectivity index (χ0v) is 15.6. The number of hydrogen-bond acceptors (Lipinski definition) is 8. The lowest BCUT2D eigenvalue weighted by molar-refractivity contribution is 0.171. The molecule has 0 amide bonds. The minimum absolute atomic E-state index is 0.460. The first kappa shape index (κ1) is 17.7. The quantitative estimate of drug-likeness (QED) is 0.669. The third-order valence-corrected chi connectivity index (χ3v) is 4.11. The van der Waals surface area contributed by atoms with Crippen LogP contribution in [-0.4, -0.2) is 37.4 Å². The Kier molecular flexibility index (Phi) is 5.01. The fourth-order valence-corrected chi connectivity index (χ4v) is 2.80. The summed E-state index contributed by atoms with van der Waals surface area (Å²) in [4.78, 5) is 8.77. The second-order valence-corrected chi connectivity index (χ2v) is 5.94. The van der Waals surface area contributed by atoms with Crippen molar-refractivity contribution < 1.29 is 18.9 Å². The average Bonchev–Trinajstić information content (AvgIpc) is 2.74. The van der Waals surface area contributed by atoms with E-state index in [1.54, 1.807) is 26.5 Å². The molecule has 2 heterocycles. The smallest absolute Gasteiger partial charge is 0.229 e. The predicted octanol–water partition coefficient (Wildman–Crippen LogP) is 3.75. The van der Waals surface area contributed by atoms with Crippen LogP contribution in [0.1, 0.15) is 0 Å². The molecule has 0 spiro atoms. The molecule has 1 aliphatic heterocycles. The molecule has 0 saturated carbocycles. The van der Waals surface area contributed by atoms with Crippen LogP contribution in [0.3, 0.4) is 0 Å². The van der Waals surface area contributed by atoms with Crippen molar-refractivity contribution in [2.24, 2.45) is 0 Å². The molecule has 0 atom stereocenters. The van der Waals surface area contributed by atoms with Gasteiger partial charge in [-0.15, -0.1) is 0 Å². The molecule has 1 aliphatic rings. The summed E-state index contributed by atoms with van der Waals surface area (Å²) in [6.45, 7) is 1.10. The van der Waals surface area contributed by atoms with Gasteiger partial charge in [0.25, 0.3) is 0 Å². The van der Waals surface area contributed by atoms with E-state index in [0.717, 1.165) is 17.1 Å². The van der Waals surface area contributed by atoms with Crippen LogP contribution in [0.15, 0.2) is 48.7 Å². The van der Waals surface area contributed by atoms with Crippen LogP contribution in [0.4, 0.5) is 23.1 Å². The van der Waals surface area contributed by atoms with E-state index in [4.69, 9.17) is 18.9 Å². The highest BCUT2D eigenvalue weighted by Crippen LogP contribution is 2.34. The molecule has 8 nitrogen and oxygen atoms in total. The van der Waals surface area contributed by atoms with E-state index >= 15 is 0 Å². The van der Waals surface area contributed by atoms with Gasteiger partial charge in [0.05, 0.1) is 14.2 Å². The number of nitrogens with one attached hydrogen (secondary N) is 2. The molecule has 0 aliphatic carbocycles. The topological polar surface area (TPSA) is 86.8 Å². The highest BCUT2D eigenvalue weighted by Gasteiger charge is 2.12. The summed E-state index contributed by atoms with van der Waals surface area (Å²) < 4.78 is 21.7. The van der Waals surface area contributed by atoms with E-state index < -0.39 is 0 Å². The van der Waals surface area contributed by atoms with Crippen molar-refractivity contribution >= 4 is 23.1 Å². The van der Waals surface area contributed by atoms with Gasteiger partial charge in [-0.05, 0) is 30.3 Å². The van der Waals surface area contributed by atoms with Crippen molar-refractivity contribution in [3.8, 4) is 23.0 Å². The Morgan fingerprint density at radius 3 is 2.39 bits per heavy atom. The van der Waals surface area contributed by atoms with Gasteiger partial charge in [-0.1, -0.05) is 0 Å². The van der Waals surface area contributed by atoms with Crippen molar-refractivity contribution in [3.05, 3.63) is 48.7 Å². The average molecular weight is 380 g/mol. The Labute approximate surface area is 162 Å². The van der Waals surface area contributed by atoms with Crippen LogP contribution in [-0.2, 0) is 0 Å². The molecule has 28 heavy (non-hydrogen) atoms. The SMILES string of the molecule is COc1ccc(Nc2ccnc(Nc3ccc4c(c3)OCCO4)n2)cc1OC. The molecule has 0 bridgehead atoms. The molecule has 2 aromatic carbocycles. The fraction of sp³-hybridized carbons (Fsp3) is 0.200. The van der Waals surface area contributed by atoms with Crippen LogP contribution < -0.4 is 29.6 Å². The molecular formula is C20H20N4O4. The number of methoxy groups -OCH3 is 2. The molecule has 0 unspecified atom stereocenters. The van der Waals surface area contributed by atoms with Crippen LogP contribution in [0, 0.1) is 0 Å². The minimum Gasteiger partial charge on any atom is -0.493 e. The molecule has 3 aromatic rings. The van der Waals surface area contributed by atoms with E-state index in [0.29, 0.717) is 42.2 Å². The summed E-state index contributed by atoms with van der Waals surface area (Å²) in [7, 11) is 3.20. The third-order valence-electron chi connectivity index (χ3n) is 4.11. The van der Waals surface area contributed by atoms with E-state index in [1.807, 2.05) is 36.4 Å². The Bertz CT molecular complexity index is 923. The summed E-state index contributed by atoms with van der Waals surface area (Å²) in [6, 6.07) is 13.0. The monoisotopic (exact) mass is 380 g/mol. The number of anilines is 4. The number of rotatable bonds is 6. The van der Waals surface area contributed by atoms with Crippen molar-refractivity contribution in [2.45, 2.75) is 0 Å². The van der Waals surface area contributed by atoms with Gasteiger partial charge in [0.2, 0.25) is 5.95 Å². The maximum atomic E-state index is 5.60. The van der Waals surface area contributed by atoms with Gasteiger partial charge in [0.1, 0.15) is 19.0 Å². The Morgan fingerprint density at radius 2 is 1.57 bits per heavy atom. The molecule has 4 rings (SSSR count). The molecule has 1 aromatic heterocycles. The normalized spacial score (nSPS) is 12.2. The maximum absolute atomic E-state index is 5.60. The lowest BCUT2D eigenvalue weighted by Gasteiger charge is -2.19. The van der Waals surface area contributed by atoms with Gasteiger partial charge < -0.3 is 29.6 Å². The summed E-state index contributed by atoms with van der Waals surface area (Å²) >= 11 is 0. The lowest BCUT2D eigenvalue weighted by atomic mass is 10.2. The summed E-state index contributed by atoms with van der Waals surface area (Å²) in [5.41, 5.74) is 1.63. The zero-order valence-electron chi connectivity index (χ0n) is 15.6. The van der Waals surface area contributed by atoms with Gasteiger partial charge in [0.15, 0.2) is 23.0 Å². The van der Waals surface area contributed by atoms with Crippen molar-refractivity contribution in [3.63, 3.8) is 0 Å². The molecule has 2 N–H and O–H groups in total. The Morgan fingerprint density at radius 1 is 0.821 bits per heavy atom. The zero-order chi connectivity index (χ0) is 19.3. The van der Waals surface area contributed by atoms with Gasteiger partial charge in [-0.25, -0.2) is 4.98 Å². The highest BCUT2D eigenvalue weighted by atomic mass is 16.6. The molecular weight excluding hydrogens is 360 g/mol. The third kappa shape index (κ3) is 3.85. The molecule has 0 fully saturated rings. The van der Waals surface area contributed by atoms with Gasteiger partial charge in [0, 0.05) is 29.7 Å². The van der Waals surface area contributed by atoms with Crippen molar-refractivity contribution in [2.75, 3.05) is 38.1 Å². The Balaban J connectivity index is 1.50. The van der Waals surface area contributed by atoms with E-state index in [9.17, 15) is 0 Å². The predicted molar refractivity (Wildman–Crippen MR) is 106 cm³/mol. The van der Waals surface area contributed by atoms with E-state index in [-0.39, 0.29) is 0 Å². The second-order valence-electron chi connectivity index (χ2n) is 5.94. The minimum atomic E-state index is 0.460. The maximum Gasteiger partial charge on any atom is 0.229 e. The van der Waals surface area contributed by atoms with Crippen LogP contribution in [0.25, 0.3) is 0 Å². The van der Waals surface area contributed by atoms with Crippen molar-refractivity contribution in [1.29, 1.82) is 0 Å². The molecule has 144 valence electrons. The largest absolute Gasteiger partial charge is 0.493 e. The van der Waals surface area contributed by atoms with Crippen LogP contribution >= 0.6 is 0 Å². The lowest BCUT2D eigenvalue weighted by Crippen LogP contribution is -2.15. The van der Waals surface area contributed by atoms with Crippen LogP contribution in [0.5, 0.6) is 23.0 Å². The van der Waals surface area contributed by atoms with Gasteiger partial charge in [-0.3, -0.25) is 0 Å². The Hall–Kier alpha value is -3.68. The summed E-state index contributed by atoms with van der Waals surface area (Å²) in [5, 5.41) is 6.41. The number of ether oxygens (including phenoxy) is 4. The summed E-state index contributed by atoms with van der Waals surface area (Å²) in [5.74, 6) is 3.84. The van der Waals surface area contributed by atoms with Crippen molar-refractivity contribution in [1.82, 2.24) is 9.97 Å². The summed E-state index contributed by atoms with van der Waals surface area (Å²) in [6.07, 6.45) is 1.68. The highest BCUT2D eigenvalue weighted by molar-refractivity contribution is 5.64. The number of benzene rings is 2. The molecule has 0 saturated heterocycles. The first-order valence-electron chi connectivity index (χ1n) is 8.74. The van der Waals surface area contributed by atoms with E-state index in [2.05, 4.69) is 20.6 Å². The number of nitrogens with zero attached hydrogens (tertiary/aromatic N) is 2. The fourth-order valence-electron chi connectivity index (χ4n) is 2.80. The van der Waals surface area contributed by atoms with Gasteiger partial charge in [-0.2, -0.15) is 4.98 Å². The number of aromatic nitrogens is 2. The standard InChI is InChI=1S/C20H20N4O4/c1-25-15-5-3-13(11-17(15)26-2)22-19-7-8-21-20(24-19)23-14-4-6-16-18(12-14)28-10-9-27-16/h3-8,11-12H,9-10H2,1-2H3,(H2,21,22,23,24). The molecule has 0 radical (unpaired) electrons. The van der Waals surface area contributed by atoms with Gasteiger partial charge >= 0.3 is 0 Å². The van der Waals surface area contributed by atoms with E-state index in [1.165, 1.54) is 0 Å². The number of hydrogen-bond donors (Lipinski definition) is 2. The molecule has 8 heteroatoms. The first-order chi connectivity index (χ1) is 13.7. The first-order valence-corrected chi connectivity index (χ1v) is 8.74. The number of fused-ring (bicyclic) bond motifs is 1. The van der Waals surface area contributed by atoms with Crippen LogP contribution in [0.2, 0.25) is 0 Å². The second kappa shape index (κ2) is 7.91.